The van der Waals surface area contributed by atoms with Crippen LogP contribution in [0, 0.1) is 0 Å². The highest BCUT2D eigenvalue weighted by atomic mass is 16.5. The number of piperidine rings is 1. The highest BCUT2D eigenvalue weighted by Crippen LogP contribution is 2.40. The molecule has 3 heterocycles. The van der Waals surface area contributed by atoms with Gasteiger partial charge in [-0.1, -0.05) is 0 Å². The van der Waals surface area contributed by atoms with E-state index in [0.29, 0.717) is 5.88 Å². The van der Waals surface area contributed by atoms with Crippen LogP contribution in [0.1, 0.15) is 33.6 Å². The number of hydrogen-bond acceptors (Lipinski definition) is 5. The lowest BCUT2D eigenvalue weighted by Crippen LogP contribution is -2.67. The average molecular weight is 358 g/mol. The van der Waals surface area contributed by atoms with Crippen LogP contribution in [0.4, 0.5) is 10.5 Å². The Bertz CT molecular complexity index is 808. The van der Waals surface area contributed by atoms with Crippen LogP contribution in [-0.2, 0) is 0 Å². The van der Waals surface area contributed by atoms with E-state index in [4.69, 9.17) is 4.74 Å². The molecule has 1 aliphatic heterocycles. The lowest BCUT2D eigenvalue weighted by molar-refractivity contribution is -0.252. The van der Waals surface area contributed by atoms with Gasteiger partial charge < -0.3 is 20.0 Å². The van der Waals surface area contributed by atoms with Crippen LogP contribution in [0.2, 0.25) is 0 Å². The standard InChI is InChI=1S/C19H26N4O3/c1-19(2,3)23(11-8-13(9-12-23)21-18(24)25)15-7-10-20-14-5-6-16(26-4)22-17(14)15/h5-7,10,13,21H,8-9,11-12H2,1-4H3. The van der Waals surface area contributed by atoms with Crippen LogP contribution in [0.5, 0.6) is 5.88 Å². The summed E-state index contributed by atoms with van der Waals surface area (Å²) in [4.78, 5) is 20.0. The van der Waals surface area contributed by atoms with Gasteiger partial charge in [-0.15, -0.1) is 0 Å². The number of hydrogen-bond donors (Lipinski definition) is 1. The number of nitrogens with one attached hydrogen (secondary N) is 1. The van der Waals surface area contributed by atoms with Crippen molar-refractivity contribution in [3.63, 3.8) is 0 Å². The molecule has 3 rings (SSSR count). The van der Waals surface area contributed by atoms with E-state index in [0.717, 1.165) is 47.1 Å². The number of ether oxygens (including phenoxy) is 1. The number of methoxy groups -OCH3 is 1. The van der Waals surface area contributed by atoms with Gasteiger partial charge in [0, 0.05) is 37.2 Å². The summed E-state index contributed by atoms with van der Waals surface area (Å²) in [6.07, 6.45) is 2.12. The van der Waals surface area contributed by atoms with Gasteiger partial charge in [0.15, 0.2) is 11.2 Å². The minimum atomic E-state index is -1.20. The summed E-state index contributed by atoms with van der Waals surface area (Å²) in [7, 11) is 1.61. The maximum Gasteiger partial charge on any atom is 0.213 e. The van der Waals surface area contributed by atoms with Crippen molar-refractivity contribution in [2.45, 2.75) is 45.2 Å². The second-order valence-electron chi connectivity index (χ2n) is 7.84. The first-order valence-corrected chi connectivity index (χ1v) is 8.92. The summed E-state index contributed by atoms with van der Waals surface area (Å²) < 4.78 is 6.04. The zero-order valence-corrected chi connectivity index (χ0v) is 15.8. The summed E-state index contributed by atoms with van der Waals surface area (Å²) in [5.74, 6) is 0.562. The number of fused-ring (bicyclic) bond motifs is 1. The van der Waals surface area contributed by atoms with Crippen LogP contribution in [0.15, 0.2) is 24.4 Å². The molecule has 1 N–H and O–H groups in total. The Morgan fingerprint density at radius 2 is 1.96 bits per heavy atom. The van der Waals surface area contributed by atoms with Gasteiger partial charge in [0.1, 0.15) is 6.09 Å². The molecule has 2 aromatic heterocycles. The van der Waals surface area contributed by atoms with Crippen LogP contribution in [-0.4, -0.2) is 47.8 Å². The maximum absolute atomic E-state index is 10.9. The van der Waals surface area contributed by atoms with Gasteiger partial charge in [0.2, 0.25) is 5.88 Å². The molecule has 7 nitrogen and oxygen atoms in total. The molecule has 0 aromatic carbocycles. The van der Waals surface area contributed by atoms with Gasteiger partial charge in [-0.05, 0) is 26.8 Å². The molecule has 0 radical (unpaired) electrons. The topological polar surface area (TPSA) is 87.2 Å². The largest absolute Gasteiger partial charge is 0.530 e. The number of carbonyl (C=O) groups is 1. The van der Waals surface area contributed by atoms with E-state index >= 15 is 0 Å². The van der Waals surface area contributed by atoms with Crippen LogP contribution in [0.25, 0.3) is 11.0 Å². The molecule has 0 saturated carbocycles. The van der Waals surface area contributed by atoms with Crippen molar-refractivity contribution >= 4 is 22.8 Å². The number of carboxylic acid groups (broad SMARTS) is 1. The van der Waals surface area contributed by atoms with E-state index < -0.39 is 6.09 Å². The fourth-order valence-corrected chi connectivity index (χ4v) is 4.05. The normalized spacial score (nSPS) is 23.6. The average Bonchev–Trinajstić information content (AvgIpc) is 2.60. The Labute approximate surface area is 153 Å². The molecule has 0 unspecified atom stereocenters. The van der Waals surface area contributed by atoms with E-state index in [1.54, 1.807) is 7.11 Å². The Morgan fingerprint density at radius 3 is 2.54 bits per heavy atom. The third-order valence-corrected chi connectivity index (χ3v) is 5.53. The summed E-state index contributed by atoms with van der Waals surface area (Å²) in [6.45, 7) is 8.27. The van der Waals surface area contributed by atoms with Gasteiger partial charge in [-0.25, -0.2) is 4.98 Å². The second kappa shape index (κ2) is 6.72. The molecule has 7 heteroatoms. The van der Waals surface area contributed by atoms with Crippen molar-refractivity contribution in [1.29, 1.82) is 0 Å². The molecule has 0 bridgehead atoms. The highest BCUT2D eigenvalue weighted by Gasteiger charge is 2.46. The summed E-state index contributed by atoms with van der Waals surface area (Å²) in [5.41, 5.74) is 2.70. The van der Waals surface area contributed by atoms with Crippen molar-refractivity contribution in [3.05, 3.63) is 24.4 Å². The fourth-order valence-electron chi connectivity index (χ4n) is 4.05. The summed E-state index contributed by atoms with van der Waals surface area (Å²) >= 11 is 0. The van der Waals surface area contributed by atoms with E-state index in [9.17, 15) is 9.90 Å². The number of pyridine rings is 2. The zero-order chi connectivity index (χ0) is 18.9. The predicted molar refractivity (Wildman–Crippen MR) is 98.9 cm³/mol. The number of amides is 1. The van der Waals surface area contributed by atoms with Gasteiger partial charge in [0.25, 0.3) is 0 Å². The number of quaternary nitrogens is 1. The SMILES string of the molecule is COc1ccc2nccc([N+]3(C(C)(C)C)CCC(NC(=O)[O-])CC3)c2n1. The molecular formula is C19H26N4O3. The fraction of sp³-hybridized carbons (Fsp3) is 0.526. The third kappa shape index (κ3) is 3.19. The van der Waals surface area contributed by atoms with E-state index in [1.165, 1.54) is 0 Å². The van der Waals surface area contributed by atoms with Crippen molar-refractivity contribution in [2.24, 2.45) is 0 Å². The van der Waals surface area contributed by atoms with E-state index in [1.807, 2.05) is 24.4 Å². The molecule has 1 saturated heterocycles. The molecule has 1 amide bonds. The van der Waals surface area contributed by atoms with Gasteiger partial charge in [-0.3, -0.25) is 9.47 Å². The Kier molecular flexibility index (Phi) is 4.75. The Hall–Kier alpha value is -2.41. The number of aromatic nitrogens is 2. The number of likely N-dealkylation sites (tertiary alicyclic amines) is 1. The summed E-state index contributed by atoms with van der Waals surface area (Å²) in [6, 6.07) is 5.71. The molecule has 140 valence electrons. The first-order valence-electron chi connectivity index (χ1n) is 8.92. The minimum Gasteiger partial charge on any atom is -0.530 e. The minimum absolute atomic E-state index is 0.0656. The predicted octanol–water partition coefficient (Wildman–Crippen LogP) is 1.84. The highest BCUT2D eigenvalue weighted by molar-refractivity contribution is 5.87. The van der Waals surface area contributed by atoms with Crippen LogP contribution >= 0.6 is 0 Å². The molecule has 26 heavy (non-hydrogen) atoms. The van der Waals surface area contributed by atoms with Crippen molar-refractivity contribution in [2.75, 3.05) is 20.2 Å². The van der Waals surface area contributed by atoms with Crippen molar-refractivity contribution in [3.8, 4) is 5.88 Å². The number of carbonyl (C=O) groups excluding carboxylic acids is 1. The number of rotatable bonds is 3. The summed E-state index contributed by atoms with van der Waals surface area (Å²) in [5, 5.41) is 13.4. The second-order valence-corrected chi connectivity index (χ2v) is 7.84. The smallest absolute Gasteiger partial charge is 0.213 e. The molecule has 2 aromatic rings. The lowest BCUT2D eigenvalue weighted by Gasteiger charge is -2.52. The Balaban J connectivity index is 2.08. The molecule has 1 aliphatic rings. The van der Waals surface area contributed by atoms with Crippen LogP contribution < -0.4 is 19.6 Å². The van der Waals surface area contributed by atoms with Crippen molar-refractivity contribution in [1.82, 2.24) is 19.8 Å². The maximum atomic E-state index is 10.9. The van der Waals surface area contributed by atoms with Crippen LogP contribution in [0.3, 0.4) is 0 Å². The van der Waals surface area contributed by atoms with Gasteiger partial charge >= 0.3 is 0 Å². The third-order valence-electron chi connectivity index (χ3n) is 5.53. The van der Waals surface area contributed by atoms with E-state index in [-0.39, 0.29) is 11.6 Å². The molecule has 1 fully saturated rings. The van der Waals surface area contributed by atoms with Crippen molar-refractivity contribution < 1.29 is 14.6 Å². The first-order chi connectivity index (χ1) is 12.3. The molecule has 0 aliphatic carbocycles. The molecule has 0 atom stereocenters. The Morgan fingerprint density at radius 1 is 1.27 bits per heavy atom. The quantitative estimate of drug-likeness (QED) is 0.846. The van der Waals surface area contributed by atoms with E-state index in [2.05, 4.69) is 36.1 Å². The zero-order valence-electron chi connectivity index (χ0n) is 15.8. The molecular weight excluding hydrogens is 332 g/mol. The van der Waals surface area contributed by atoms with Gasteiger partial charge in [0.05, 0.1) is 31.3 Å². The first kappa shape index (κ1) is 18.4. The number of nitrogens with zero attached hydrogens (tertiary/aromatic N) is 3. The lowest BCUT2D eigenvalue weighted by atomic mass is 9.91. The molecule has 0 spiro atoms. The monoisotopic (exact) mass is 358 g/mol. The van der Waals surface area contributed by atoms with Gasteiger partial charge in [-0.2, -0.15) is 0 Å².